The van der Waals surface area contributed by atoms with Gasteiger partial charge in [0.1, 0.15) is 11.8 Å². The Kier molecular flexibility index (Phi) is 5.48. The third kappa shape index (κ3) is 4.13. The summed E-state index contributed by atoms with van der Waals surface area (Å²) < 4.78 is 100. The third-order valence-electron chi connectivity index (χ3n) is 4.20. The molecule has 0 bridgehead atoms. The molecule has 26 heavy (non-hydrogen) atoms. The minimum atomic E-state index is -4.67. The Morgan fingerprint density at radius 3 is 1.12 bits per heavy atom. The molecule has 2 atom stereocenters. The zero-order valence-electron chi connectivity index (χ0n) is 13.3. The van der Waals surface area contributed by atoms with Crippen LogP contribution in [0.2, 0.25) is 0 Å². The molecule has 2 unspecified atom stereocenters. The van der Waals surface area contributed by atoms with Crippen LogP contribution in [-0.2, 0) is 18.9 Å². The first-order valence-electron chi connectivity index (χ1n) is 7.87. The van der Waals surface area contributed by atoms with Gasteiger partial charge >= 0.3 is 12.4 Å². The van der Waals surface area contributed by atoms with Gasteiger partial charge in [0.2, 0.25) is 0 Å². The second-order valence-corrected chi connectivity index (χ2v) is 5.93. The van der Waals surface area contributed by atoms with E-state index in [4.69, 9.17) is 18.9 Å². The predicted molar refractivity (Wildman–Crippen MR) is 75.4 cm³/mol. The van der Waals surface area contributed by atoms with Crippen LogP contribution in [0.15, 0.2) is 24.3 Å². The Hall–Kier alpha value is -1.36. The summed E-state index contributed by atoms with van der Waals surface area (Å²) in [5, 5.41) is 0. The van der Waals surface area contributed by atoms with E-state index < -0.39 is 36.8 Å². The highest BCUT2D eigenvalue weighted by Crippen LogP contribution is 2.43. The lowest BCUT2D eigenvalue weighted by Crippen LogP contribution is -2.34. The van der Waals surface area contributed by atoms with Crippen molar-refractivity contribution in [3.63, 3.8) is 0 Å². The molecule has 1 aromatic carbocycles. The lowest BCUT2D eigenvalue weighted by atomic mass is 9.92. The zero-order chi connectivity index (χ0) is 18.9. The molecule has 2 saturated heterocycles. The van der Waals surface area contributed by atoms with E-state index >= 15 is 0 Å². The van der Waals surface area contributed by atoms with Crippen LogP contribution < -0.4 is 0 Å². The molecule has 3 rings (SSSR count). The van der Waals surface area contributed by atoms with Gasteiger partial charge in [-0.1, -0.05) is 24.3 Å². The van der Waals surface area contributed by atoms with Gasteiger partial charge in [-0.15, -0.1) is 0 Å². The van der Waals surface area contributed by atoms with E-state index in [0.717, 1.165) is 24.3 Å². The van der Waals surface area contributed by atoms with Crippen molar-refractivity contribution in [2.24, 2.45) is 0 Å². The number of rotatable bonds is 4. The molecule has 2 fully saturated rings. The molecule has 2 heterocycles. The first-order valence-corrected chi connectivity index (χ1v) is 7.87. The summed E-state index contributed by atoms with van der Waals surface area (Å²) in [4.78, 5) is 0. The Bertz CT molecular complexity index is 535. The van der Waals surface area contributed by atoms with Gasteiger partial charge in [-0.05, 0) is 11.1 Å². The maximum atomic E-state index is 13.4. The van der Waals surface area contributed by atoms with Crippen LogP contribution in [0, 0.1) is 0 Å². The molecule has 0 aliphatic carbocycles. The largest absolute Gasteiger partial charge is 0.400 e. The van der Waals surface area contributed by atoms with E-state index in [0.29, 0.717) is 0 Å². The van der Waals surface area contributed by atoms with E-state index in [1.807, 2.05) is 0 Å². The summed E-state index contributed by atoms with van der Waals surface area (Å²) in [6.45, 7) is 0.118. The fourth-order valence-electron chi connectivity index (χ4n) is 3.05. The predicted octanol–water partition coefficient (Wildman–Crippen LogP) is 3.72. The maximum Gasteiger partial charge on any atom is 0.400 e. The minimum Gasteiger partial charge on any atom is -0.349 e. The molecule has 1 aromatic rings. The summed E-state index contributed by atoms with van der Waals surface area (Å²) in [7, 11) is 0. The fraction of sp³-hybridized carbons (Fsp3) is 0.625. The van der Waals surface area contributed by atoms with Gasteiger partial charge in [0.25, 0.3) is 0 Å². The van der Waals surface area contributed by atoms with Crippen LogP contribution in [-0.4, -0.2) is 51.4 Å². The molecule has 0 radical (unpaired) electrons. The second-order valence-electron chi connectivity index (χ2n) is 5.93. The topological polar surface area (TPSA) is 36.9 Å². The lowest BCUT2D eigenvalue weighted by Gasteiger charge is -2.27. The molecule has 0 saturated carbocycles. The molecule has 2 aliphatic heterocycles. The molecule has 4 nitrogen and oxygen atoms in total. The van der Waals surface area contributed by atoms with Crippen molar-refractivity contribution in [1.82, 2.24) is 0 Å². The molecule has 0 aromatic heterocycles. The number of halogens is 6. The van der Waals surface area contributed by atoms with Crippen LogP contribution in [0.5, 0.6) is 0 Å². The lowest BCUT2D eigenvalue weighted by molar-refractivity contribution is -0.209. The highest BCUT2D eigenvalue weighted by Gasteiger charge is 2.50. The van der Waals surface area contributed by atoms with Crippen molar-refractivity contribution in [3.8, 4) is 0 Å². The van der Waals surface area contributed by atoms with Crippen LogP contribution in [0.4, 0.5) is 26.3 Å². The first kappa shape index (κ1) is 19.4. The van der Waals surface area contributed by atoms with Gasteiger partial charge in [-0.3, -0.25) is 0 Å². The van der Waals surface area contributed by atoms with E-state index in [1.54, 1.807) is 0 Å². The second kappa shape index (κ2) is 7.34. The van der Waals surface area contributed by atoms with Crippen molar-refractivity contribution in [2.75, 3.05) is 26.4 Å². The Morgan fingerprint density at radius 1 is 0.615 bits per heavy atom. The van der Waals surface area contributed by atoms with Crippen molar-refractivity contribution in [2.45, 2.75) is 36.8 Å². The number of hydrogen-bond acceptors (Lipinski definition) is 4. The Balaban J connectivity index is 1.87. The van der Waals surface area contributed by atoms with Gasteiger partial charge in [0, 0.05) is 0 Å². The van der Waals surface area contributed by atoms with Gasteiger partial charge in [0.15, 0.2) is 12.6 Å². The molecule has 0 N–H and O–H groups in total. The summed E-state index contributed by atoms with van der Waals surface area (Å²) in [5.74, 6) is -4.16. The summed E-state index contributed by atoms with van der Waals surface area (Å²) in [5.41, 5.74) is -0.468. The van der Waals surface area contributed by atoms with E-state index in [1.165, 1.54) is 0 Å². The molecular formula is C16H16F6O4. The first-order chi connectivity index (χ1) is 12.2. The Labute approximate surface area is 145 Å². The minimum absolute atomic E-state index is 0.0296. The molecular weight excluding hydrogens is 370 g/mol. The normalized spacial score (nSPS) is 22.7. The molecule has 10 heteroatoms. The van der Waals surface area contributed by atoms with Crippen molar-refractivity contribution >= 4 is 0 Å². The van der Waals surface area contributed by atoms with Crippen LogP contribution in [0.1, 0.15) is 23.0 Å². The van der Waals surface area contributed by atoms with Crippen LogP contribution in [0.25, 0.3) is 0 Å². The zero-order valence-corrected chi connectivity index (χ0v) is 13.3. The van der Waals surface area contributed by atoms with Gasteiger partial charge in [-0.2, -0.15) is 26.3 Å². The average molecular weight is 386 g/mol. The van der Waals surface area contributed by atoms with Crippen molar-refractivity contribution in [1.29, 1.82) is 0 Å². The quantitative estimate of drug-likeness (QED) is 0.740. The summed E-state index contributed by atoms with van der Waals surface area (Å²) in [6, 6.07) is 4.02. The molecule has 2 aliphatic rings. The fourth-order valence-corrected chi connectivity index (χ4v) is 3.05. The van der Waals surface area contributed by atoms with Crippen molar-refractivity contribution < 1.29 is 45.3 Å². The third-order valence-corrected chi connectivity index (χ3v) is 4.20. The maximum absolute atomic E-state index is 13.4. The van der Waals surface area contributed by atoms with Crippen LogP contribution in [0.3, 0.4) is 0 Å². The van der Waals surface area contributed by atoms with E-state index in [9.17, 15) is 26.3 Å². The molecule has 0 amide bonds. The van der Waals surface area contributed by atoms with Crippen LogP contribution >= 0.6 is 0 Å². The number of benzene rings is 1. The summed E-state index contributed by atoms with van der Waals surface area (Å²) >= 11 is 0. The number of hydrogen-bond donors (Lipinski definition) is 0. The Morgan fingerprint density at radius 2 is 0.885 bits per heavy atom. The smallest absolute Gasteiger partial charge is 0.349 e. The van der Waals surface area contributed by atoms with Crippen molar-refractivity contribution in [3.05, 3.63) is 35.4 Å². The monoisotopic (exact) mass is 386 g/mol. The standard InChI is InChI=1S/C16H16F6O4/c17-15(18,19)11(13-23-5-6-24-13)9-1-2-10(4-3-9)12(16(20,21)22)14-25-7-8-26-14/h1-4,11-14H,5-8H2. The molecule has 0 spiro atoms. The van der Waals surface area contributed by atoms with Gasteiger partial charge in [-0.25, -0.2) is 0 Å². The average Bonchev–Trinajstić information content (AvgIpc) is 3.20. The molecule has 146 valence electrons. The van der Waals surface area contributed by atoms with E-state index in [-0.39, 0.29) is 37.6 Å². The number of ether oxygens (including phenoxy) is 4. The SMILES string of the molecule is FC(F)(F)C(c1ccc(C(C2OCCO2)C(F)(F)F)cc1)C1OCCO1. The summed E-state index contributed by atoms with van der Waals surface area (Å²) in [6.07, 6.45) is -12.4. The van der Waals surface area contributed by atoms with E-state index in [2.05, 4.69) is 0 Å². The number of alkyl halides is 6. The highest BCUT2D eigenvalue weighted by atomic mass is 19.4. The highest BCUT2D eigenvalue weighted by molar-refractivity contribution is 5.30. The van der Waals surface area contributed by atoms with Gasteiger partial charge in [0.05, 0.1) is 26.4 Å². The van der Waals surface area contributed by atoms with Gasteiger partial charge < -0.3 is 18.9 Å².